The summed E-state index contributed by atoms with van der Waals surface area (Å²) in [5.41, 5.74) is 3.31. The molecule has 2 atom stereocenters. The van der Waals surface area contributed by atoms with Crippen LogP contribution < -0.4 is 0 Å². The Balaban J connectivity index is 3.25. The molecular weight excluding hydrogens is 196 g/mol. The molecule has 0 N–H and O–H groups in total. The first-order chi connectivity index (χ1) is 7.52. The van der Waals surface area contributed by atoms with Crippen LogP contribution in [-0.2, 0) is 4.79 Å². The van der Waals surface area contributed by atoms with E-state index >= 15 is 0 Å². The summed E-state index contributed by atoms with van der Waals surface area (Å²) >= 11 is 0. The number of carbonyl (C=O) groups is 1. The minimum Gasteiger partial charge on any atom is -0.299 e. The van der Waals surface area contributed by atoms with E-state index in [1.165, 1.54) is 0 Å². The van der Waals surface area contributed by atoms with Gasteiger partial charge < -0.3 is 0 Å². The van der Waals surface area contributed by atoms with Gasteiger partial charge in [-0.05, 0) is 37.8 Å². The maximum Gasteiger partial charge on any atom is 0.137 e. The number of allylic oxidation sites excluding steroid dienone is 5. The van der Waals surface area contributed by atoms with Crippen LogP contribution in [0.15, 0.2) is 48.6 Å². The lowest BCUT2D eigenvalue weighted by molar-refractivity contribution is -0.119. The summed E-state index contributed by atoms with van der Waals surface area (Å²) in [5, 5.41) is 0. The van der Waals surface area contributed by atoms with Gasteiger partial charge in [0.15, 0.2) is 0 Å². The second-order valence-electron chi connectivity index (χ2n) is 4.46. The van der Waals surface area contributed by atoms with E-state index in [9.17, 15) is 4.79 Å². The molecule has 0 amide bonds. The van der Waals surface area contributed by atoms with Gasteiger partial charge in [-0.1, -0.05) is 37.5 Å². The summed E-state index contributed by atoms with van der Waals surface area (Å²) in [6, 6.07) is 0. The molecule has 86 valence electrons. The molecule has 0 aromatic carbocycles. The fourth-order valence-electron chi connectivity index (χ4n) is 2.50. The van der Waals surface area contributed by atoms with Gasteiger partial charge >= 0.3 is 0 Å². The summed E-state index contributed by atoms with van der Waals surface area (Å²) in [4.78, 5) is 11.6. The van der Waals surface area contributed by atoms with Gasteiger partial charge in [-0.3, -0.25) is 4.79 Å². The monoisotopic (exact) mass is 216 g/mol. The normalized spacial score (nSPS) is 25.1. The molecule has 0 radical (unpaired) electrons. The first kappa shape index (κ1) is 12.7. The third kappa shape index (κ3) is 2.24. The van der Waals surface area contributed by atoms with Crippen molar-refractivity contribution in [2.45, 2.75) is 26.7 Å². The van der Waals surface area contributed by atoms with Gasteiger partial charge in [-0.15, -0.1) is 0 Å². The average molecular weight is 216 g/mol. The SMILES string of the molecule is C=CC1=C(C=C)C(C(C)=O)CCC1C(=C)C. The van der Waals surface area contributed by atoms with Gasteiger partial charge in [-0.2, -0.15) is 0 Å². The standard InChI is InChI=1S/C15H20O/c1-6-12-13(7-2)15(11(5)16)9-8-14(12)10(3)4/h6-7,14-15H,1-3,8-9H2,4-5H3. The third-order valence-corrected chi connectivity index (χ3v) is 3.35. The van der Waals surface area contributed by atoms with Crippen LogP contribution >= 0.6 is 0 Å². The van der Waals surface area contributed by atoms with Gasteiger partial charge in [0, 0.05) is 11.8 Å². The topological polar surface area (TPSA) is 17.1 Å². The van der Waals surface area contributed by atoms with Crippen molar-refractivity contribution in [3.05, 3.63) is 48.6 Å². The first-order valence-electron chi connectivity index (χ1n) is 5.67. The van der Waals surface area contributed by atoms with Crippen LogP contribution in [0.3, 0.4) is 0 Å². The van der Waals surface area contributed by atoms with Crippen molar-refractivity contribution in [3.8, 4) is 0 Å². The molecule has 0 fully saturated rings. The van der Waals surface area contributed by atoms with Crippen molar-refractivity contribution in [3.63, 3.8) is 0 Å². The molecule has 1 nitrogen and oxygen atoms in total. The minimum absolute atomic E-state index is 0.00102. The highest BCUT2D eigenvalue weighted by atomic mass is 16.1. The molecule has 2 unspecified atom stereocenters. The molecule has 0 aromatic rings. The van der Waals surface area contributed by atoms with E-state index in [0.29, 0.717) is 5.92 Å². The molecule has 0 bridgehead atoms. The van der Waals surface area contributed by atoms with Crippen LogP contribution in [0.2, 0.25) is 0 Å². The highest BCUT2D eigenvalue weighted by molar-refractivity contribution is 5.82. The Morgan fingerprint density at radius 1 is 1.12 bits per heavy atom. The Labute approximate surface area is 98.2 Å². The van der Waals surface area contributed by atoms with Crippen LogP contribution in [0.5, 0.6) is 0 Å². The molecule has 0 aliphatic heterocycles. The number of ketones is 1. The molecule has 1 heteroatoms. The van der Waals surface area contributed by atoms with Crippen molar-refractivity contribution in [2.24, 2.45) is 11.8 Å². The van der Waals surface area contributed by atoms with Gasteiger partial charge in [0.1, 0.15) is 5.78 Å². The Kier molecular flexibility index (Phi) is 4.05. The van der Waals surface area contributed by atoms with Gasteiger partial charge in [0.2, 0.25) is 0 Å². The van der Waals surface area contributed by atoms with E-state index in [2.05, 4.69) is 19.7 Å². The van der Waals surface area contributed by atoms with Crippen molar-refractivity contribution in [2.75, 3.05) is 0 Å². The molecular formula is C15H20O. The van der Waals surface area contributed by atoms with E-state index in [1.807, 2.05) is 13.0 Å². The zero-order valence-electron chi connectivity index (χ0n) is 10.3. The van der Waals surface area contributed by atoms with Crippen LogP contribution in [0.4, 0.5) is 0 Å². The highest BCUT2D eigenvalue weighted by Crippen LogP contribution is 2.38. The number of carbonyl (C=O) groups excluding carboxylic acids is 1. The Morgan fingerprint density at radius 2 is 1.56 bits per heavy atom. The lowest BCUT2D eigenvalue weighted by atomic mass is 9.73. The lowest BCUT2D eigenvalue weighted by Gasteiger charge is -2.31. The van der Waals surface area contributed by atoms with Crippen LogP contribution in [-0.4, -0.2) is 5.78 Å². The summed E-state index contributed by atoms with van der Waals surface area (Å²) in [6.07, 6.45) is 5.54. The number of rotatable bonds is 4. The second kappa shape index (κ2) is 5.11. The molecule has 0 aromatic heterocycles. The molecule has 1 aliphatic rings. The fraction of sp³-hybridized carbons (Fsp3) is 0.400. The van der Waals surface area contributed by atoms with Crippen LogP contribution in [0.25, 0.3) is 0 Å². The maximum atomic E-state index is 11.6. The number of hydrogen-bond donors (Lipinski definition) is 0. The third-order valence-electron chi connectivity index (χ3n) is 3.35. The average Bonchev–Trinajstić information content (AvgIpc) is 2.26. The maximum absolute atomic E-state index is 11.6. The predicted molar refractivity (Wildman–Crippen MR) is 69.1 cm³/mol. The van der Waals surface area contributed by atoms with E-state index in [1.54, 1.807) is 13.0 Å². The molecule has 1 aliphatic carbocycles. The first-order valence-corrected chi connectivity index (χ1v) is 5.67. The van der Waals surface area contributed by atoms with E-state index < -0.39 is 0 Å². The zero-order valence-corrected chi connectivity index (χ0v) is 10.3. The number of Topliss-reactive ketones (excluding diaryl/α,β-unsaturated/α-hetero) is 1. The molecule has 16 heavy (non-hydrogen) atoms. The summed E-state index contributed by atoms with van der Waals surface area (Å²) in [6.45, 7) is 15.4. The Hall–Kier alpha value is -1.37. The Bertz CT molecular complexity index is 335. The largest absolute Gasteiger partial charge is 0.299 e. The van der Waals surface area contributed by atoms with Crippen LogP contribution in [0, 0.1) is 11.8 Å². The van der Waals surface area contributed by atoms with E-state index in [0.717, 1.165) is 29.6 Å². The summed E-state index contributed by atoms with van der Waals surface area (Å²) < 4.78 is 0. The van der Waals surface area contributed by atoms with Crippen molar-refractivity contribution < 1.29 is 4.79 Å². The molecule has 0 saturated heterocycles. The van der Waals surface area contributed by atoms with Crippen molar-refractivity contribution in [1.29, 1.82) is 0 Å². The van der Waals surface area contributed by atoms with Gasteiger partial charge in [0.05, 0.1) is 0 Å². The predicted octanol–water partition coefficient (Wildman–Crippen LogP) is 3.85. The van der Waals surface area contributed by atoms with E-state index in [-0.39, 0.29) is 11.7 Å². The Morgan fingerprint density at radius 3 is 1.94 bits per heavy atom. The molecule has 1 rings (SSSR count). The second-order valence-corrected chi connectivity index (χ2v) is 4.46. The van der Waals surface area contributed by atoms with Crippen molar-refractivity contribution >= 4 is 5.78 Å². The minimum atomic E-state index is 0.00102. The van der Waals surface area contributed by atoms with Crippen LogP contribution in [0.1, 0.15) is 26.7 Å². The quantitative estimate of drug-likeness (QED) is 0.652. The lowest BCUT2D eigenvalue weighted by Crippen LogP contribution is -2.23. The molecule has 0 spiro atoms. The highest BCUT2D eigenvalue weighted by Gasteiger charge is 2.29. The van der Waals surface area contributed by atoms with E-state index in [4.69, 9.17) is 0 Å². The van der Waals surface area contributed by atoms with Crippen molar-refractivity contribution in [1.82, 2.24) is 0 Å². The summed E-state index contributed by atoms with van der Waals surface area (Å²) in [7, 11) is 0. The van der Waals surface area contributed by atoms with Gasteiger partial charge in [-0.25, -0.2) is 0 Å². The van der Waals surface area contributed by atoms with Gasteiger partial charge in [0.25, 0.3) is 0 Å². The molecule has 0 saturated carbocycles. The summed E-state index contributed by atoms with van der Waals surface area (Å²) in [5.74, 6) is 0.552. The molecule has 0 heterocycles. The smallest absolute Gasteiger partial charge is 0.137 e. The zero-order chi connectivity index (χ0) is 12.3. The fourth-order valence-corrected chi connectivity index (χ4v) is 2.50. The number of hydrogen-bond acceptors (Lipinski definition) is 1.